The van der Waals surface area contributed by atoms with E-state index in [1.54, 1.807) is 0 Å². The summed E-state index contributed by atoms with van der Waals surface area (Å²) in [7, 11) is 1.49. The summed E-state index contributed by atoms with van der Waals surface area (Å²) in [5, 5.41) is 3.05. The molecular formula is C64H122N2O7P+. The lowest BCUT2D eigenvalue weighted by Gasteiger charge is -2.27. The van der Waals surface area contributed by atoms with Gasteiger partial charge >= 0.3 is 13.8 Å². The van der Waals surface area contributed by atoms with Gasteiger partial charge in [-0.15, -0.1) is 0 Å². The maximum absolute atomic E-state index is 13.5. The summed E-state index contributed by atoms with van der Waals surface area (Å²) in [6.07, 6.45) is 66.9. The summed E-state index contributed by atoms with van der Waals surface area (Å²) in [6.45, 7) is 6.91. The van der Waals surface area contributed by atoms with Crippen molar-refractivity contribution in [2.45, 2.75) is 309 Å². The zero-order valence-electron chi connectivity index (χ0n) is 49.6. The highest BCUT2D eigenvalue weighted by Crippen LogP contribution is 2.43. The number of unbranched alkanes of at least 4 members (excludes halogenated alkanes) is 35. The molecule has 74 heavy (non-hydrogen) atoms. The normalized spacial score (nSPS) is 14.0. The number of ether oxygens (including phenoxy) is 1. The molecule has 10 heteroatoms. The molecule has 0 saturated carbocycles. The minimum atomic E-state index is -4.45. The fraction of sp³-hybridized carbons (Fsp3) is 0.844. The Morgan fingerprint density at radius 2 is 0.865 bits per heavy atom. The van der Waals surface area contributed by atoms with Crippen molar-refractivity contribution in [3.05, 3.63) is 48.6 Å². The maximum Gasteiger partial charge on any atom is 0.472 e. The van der Waals surface area contributed by atoms with E-state index in [9.17, 15) is 19.0 Å². The van der Waals surface area contributed by atoms with Crippen LogP contribution in [-0.2, 0) is 27.9 Å². The number of phosphoric ester groups is 1. The van der Waals surface area contributed by atoms with Crippen LogP contribution in [0, 0.1) is 0 Å². The highest BCUT2D eigenvalue weighted by molar-refractivity contribution is 7.47. The van der Waals surface area contributed by atoms with Gasteiger partial charge in [-0.3, -0.25) is 18.6 Å². The summed E-state index contributed by atoms with van der Waals surface area (Å²) in [5.74, 6) is -0.521. The summed E-state index contributed by atoms with van der Waals surface area (Å²) >= 11 is 0. The van der Waals surface area contributed by atoms with E-state index in [1.807, 2.05) is 33.3 Å². The number of esters is 1. The Morgan fingerprint density at radius 1 is 0.486 bits per heavy atom. The quantitative estimate of drug-likeness (QED) is 0.0205. The molecule has 0 aliphatic heterocycles. The average Bonchev–Trinajstić information content (AvgIpc) is 3.36. The summed E-state index contributed by atoms with van der Waals surface area (Å²) < 4.78 is 30.6. The van der Waals surface area contributed by atoms with Crippen molar-refractivity contribution < 1.29 is 37.3 Å². The average molecular weight is 1060 g/mol. The smallest absolute Gasteiger partial charge is 0.456 e. The first-order valence-corrected chi connectivity index (χ1v) is 33.0. The van der Waals surface area contributed by atoms with Crippen LogP contribution in [0.2, 0.25) is 0 Å². The second-order valence-electron chi connectivity index (χ2n) is 22.6. The maximum atomic E-state index is 13.5. The number of carbonyl (C=O) groups is 2. The Hall–Kier alpha value is -2.03. The molecule has 0 aromatic heterocycles. The lowest BCUT2D eigenvalue weighted by molar-refractivity contribution is -0.870. The first kappa shape index (κ1) is 72.0. The second-order valence-corrected chi connectivity index (χ2v) is 24.0. The molecule has 0 fully saturated rings. The van der Waals surface area contributed by atoms with E-state index in [1.165, 1.54) is 173 Å². The summed E-state index contributed by atoms with van der Waals surface area (Å²) in [6, 6.07) is -0.854. The summed E-state index contributed by atoms with van der Waals surface area (Å²) in [5.41, 5.74) is 0. The molecule has 0 heterocycles. The Balaban J connectivity index is 5.11. The molecule has 0 saturated heterocycles. The largest absolute Gasteiger partial charge is 0.472 e. The van der Waals surface area contributed by atoms with Crippen LogP contribution >= 0.6 is 7.82 Å². The first-order chi connectivity index (χ1) is 35.9. The molecule has 2 N–H and O–H groups in total. The molecule has 9 nitrogen and oxygen atoms in total. The van der Waals surface area contributed by atoms with Crippen molar-refractivity contribution in [2.24, 2.45) is 0 Å². The number of hydrogen-bond donors (Lipinski definition) is 2. The molecule has 3 unspecified atom stereocenters. The Morgan fingerprint density at radius 3 is 1.30 bits per heavy atom. The highest BCUT2D eigenvalue weighted by Gasteiger charge is 2.30. The van der Waals surface area contributed by atoms with E-state index in [0.717, 1.165) is 83.5 Å². The molecule has 434 valence electrons. The molecule has 1 amide bonds. The predicted octanol–water partition coefficient (Wildman–Crippen LogP) is 19.3. The molecule has 0 spiro atoms. The van der Waals surface area contributed by atoms with Crippen molar-refractivity contribution in [1.29, 1.82) is 0 Å². The molecule has 0 aliphatic carbocycles. The van der Waals surface area contributed by atoms with E-state index in [0.29, 0.717) is 23.9 Å². The molecule has 0 rings (SSSR count). The van der Waals surface area contributed by atoms with Crippen molar-refractivity contribution >= 4 is 19.7 Å². The van der Waals surface area contributed by atoms with E-state index in [-0.39, 0.29) is 31.5 Å². The van der Waals surface area contributed by atoms with Gasteiger partial charge in [-0.2, -0.15) is 0 Å². The van der Waals surface area contributed by atoms with Gasteiger partial charge in [-0.1, -0.05) is 269 Å². The van der Waals surface area contributed by atoms with Crippen molar-refractivity contribution in [1.82, 2.24) is 5.32 Å². The first-order valence-electron chi connectivity index (χ1n) is 31.5. The Kier molecular flexibility index (Phi) is 52.8. The lowest BCUT2D eigenvalue weighted by atomic mass is 10.0. The van der Waals surface area contributed by atoms with E-state index in [4.69, 9.17) is 13.8 Å². The molecular weight excluding hydrogens is 940 g/mol. The summed E-state index contributed by atoms with van der Waals surface area (Å²) in [4.78, 5) is 37.6. The zero-order chi connectivity index (χ0) is 54.3. The zero-order valence-corrected chi connectivity index (χ0v) is 50.5. The van der Waals surface area contributed by atoms with Gasteiger partial charge in [0, 0.05) is 12.8 Å². The van der Waals surface area contributed by atoms with Gasteiger partial charge in [0.2, 0.25) is 5.91 Å². The van der Waals surface area contributed by atoms with Gasteiger partial charge in [-0.25, -0.2) is 4.57 Å². The number of allylic oxidation sites excluding steroid dienone is 7. The number of nitrogens with zero attached hydrogens (tertiary/aromatic N) is 1. The van der Waals surface area contributed by atoms with Crippen molar-refractivity contribution in [2.75, 3.05) is 40.9 Å². The van der Waals surface area contributed by atoms with E-state index in [2.05, 4.69) is 62.5 Å². The fourth-order valence-corrected chi connectivity index (χ4v) is 9.93. The second kappa shape index (κ2) is 54.3. The molecule has 3 atom stereocenters. The number of carbonyl (C=O) groups excluding carboxylic acids is 2. The highest BCUT2D eigenvalue weighted by atomic mass is 31.2. The number of phosphoric acid groups is 1. The SMILES string of the molecule is CC/C=C/C/C=C/C/C=C/CCCCCCC(=O)OC(/C=C\CCCCCCCCCCC)C(COP(=O)(O)OCC[N+](C)(C)C)NC(=O)CCCCCCCCCCCCCCCCCCCCCCCCC. The van der Waals surface area contributed by atoms with Gasteiger partial charge in [0.15, 0.2) is 0 Å². The number of rotatable bonds is 57. The van der Waals surface area contributed by atoms with E-state index >= 15 is 0 Å². The van der Waals surface area contributed by atoms with Crippen molar-refractivity contribution in [3.63, 3.8) is 0 Å². The monoisotopic (exact) mass is 1060 g/mol. The predicted molar refractivity (Wildman–Crippen MR) is 319 cm³/mol. The molecule has 0 radical (unpaired) electrons. The van der Waals surface area contributed by atoms with Crippen molar-refractivity contribution in [3.8, 4) is 0 Å². The van der Waals surface area contributed by atoms with Gasteiger partial charge in [-0.05, 0) is 63.9 Å². The number of likely N-dealkylation sites (N-methyl/N-ethyl adjacent to an activating group) is 1. The minimum absolute atomic E-state index is 0.0374. The lowest BCUT2D eigenvalue weighted by Crippen LogP contribution is -2.47. The number of amides is 1. The Labute approximate surface area is 458 Å². The van der Waals surface area contributed by atoms with Crippen LogP contribution in [0.3, 0.4) is 0 Å². The van der Waals surface area contributed by atoms with Gasteiger partial charge in [0.05, 0.1) is 33.8 Å². The standard InChI is InChI=1S/C64H121N2O7P/c1-7-10-13-16-19-22-25-27-29-30-31-32-33-34-35-36-37-38-41-44-47-50-53-56-63(67)65-61(60-72-74(69,70)71-59-58-66(4,5)6)62(55-52-49-46-43-40-24-21-18-15-12-9-3)73-64(68)57-54-51-48-45-42-39-28-26-23-20-17-14-11-8-2/h11,14,20,23,28,39,52,55,61-62H,7-10,12-13,15-19,21-22,24-27,29-38,40-51,53-54,56-60H2,1-6H3,(H-,65,67,69,70)/p+1/b14-11+,23-20+,39-28+,55-52-. The third-order valence-corrected chi connectivity index (χ3v) is 15.0. The van der Waals surface area contributed by atoms with Gasteiger partial charge in [0.1, 0.15) is 19.3 Å². The molecule has 0 aromatic carbocycles. The van der Waals surface area contributed by atoms with Crippen LogP contribution < -0.4 is 5.32 Å². The molecule has 0 aromatic rings. The minimum Gasteiger partial charge on any atom is -0.456 e. The van der Waals surface area contributed by atoms with Crippen LogP contribution in [0.5, 0.6) is 0 Å². The van der Waals surface area contributed by atoms with Crippen LogP contribution in [0.25, 0.3) is 0 Å². The number of nitrogens with one attached hydrogen (secondary N) is 1. The van der Waals surface area contributed by atoms with Crippen LogP contribution in [0.15, 0.2) is 48.6 Å². The Bertz CT molecular complexity index is 1410. The topological polar surface area (TPSA) is 111 Å². The van der Waals surface area contributed by atoms with E-state index < -0.39 is 20.0 Å². The van der Waals surface area contributed by atoms with Crippen LogP contribution in [0.4, 0.5) is 0 Å². The molecule has 0 aliphatic rings. The van der Waals surface area contributed by atoms with Gasteiger partial charge in [0.25, 0.3) is 0 Å². The third-order valence-electron chi connectivity index (χ3n) is 14.0. The number of quaternary nitrogens is 1. The fourth-order valence-electron chi connectivity index (χ4n) is 9.19. The third kappa shape index (κ3) is 54.7. The molecule has 0 bridgehead atoms. The van der Waals surface area contributed by atoms with Crippen LogP contribution in [-0.4, -0.2) is 74.3 Å². The van der Waals surface area contributed by atoms with Gasteiger partial charge < -0.3 is 19.4 Å². The van der Waals surface area contributed by atoms with Crippen LogP contribution in [0.1, 0.15) is 297 Å². The number of hydrogen-bond acceptors (Lipinski definition) is 6.